The molecule has 0 aliphatic rings. The van der Waals surface area contributed by atoms with Gasteiger partial charge in [0.15, 0.2) is 11.5 Å². The summed E-state index contributed by atoms with van der Waals surface area (Å²) in [5, 5.41) is 7.12. The molecule has 0 spiro atoms. The Balaban J connectivity index is 1.85. The van der Waals surface area contributed by atoms with Crippen molar-refractivity contribution in [3.05, 3.63) is 48.0 Å². The van der Waals surface area contributed by atoms with E-state index in [1.165, 1.54) is 5.56 Å². The molecule has 0 aliphatic carbocycles. The summed E-state index contributed by atoms with van der Waals surface area (Å²) in [7, 11) is 3.17. The van der Waals surface area contributed by atoms with Gasteiger partial charge in [-0.1, -0.05) is 30.3 Å². The second kappa shape index (κ2) is 7.04. The molecule has 124 valence electrons. The van der Waals surface area contributed by atoms with Crippen molar-refractivity contribution in [3.63, 3.8) is 0 Å². The molecule has 2 aromatic carbocycles. The van der Waals surface area contributed by atoms with Crippen LogP contribution in [0.15, 0.2) is 47.0 Å². The Labute approximate surface area is 140 Å². The van der Waals surface area contributed by atoms with E-state index in [1.807, 2.05) is 30.3 Å². The fourth-order valence-electron chi connectivity index (χ4n) is 2.39. The van der Waals surface area contributed by atoms with Crippen LogP contribution in [0.3, 0.4) is 0 Å². The largest absolute Gasteiger partial charge is 0.493 e. The molecule has 0 bridgehead atoms. The van der Waals surface area contributed by atoms with E-state index in [0.717, 1.165) is 12.1 Å². The molecule has 0 unspecified atom stereocenters. The van der Waals surface area contributed by atoms with Crippen molar-refractivity contribution >= 4 is 11.7 Å². The smallest absolute Gasteiger partial charge is 0.326 e. The Hall–Kier alpha value is -3.02. The summed E-state index contributed by atoms with van der Waals surface area (Å²) in [6, 6.07) is 13.9. The lowest BCUT2D eigenvalue weighted by atomic mass is 10.1. The van der Waals surface area contributed by atoms with Gasteiger partial charge in [-0.05, 0) is 36.2 Å². The molecule has 0 atom stereocenters. The van der Waals surface area contributed by atoms with Crippen molar-refractivity contribution in [2.24, 2.45) is 0 Å². The number of aryl methyl sites for hydroxylation is 1. The SMILES string of the molecule is CCc1ccc(Nc2nc(-c3cccc(OC)c3OC)no2)cc1. The zero-order chi connectivity index (χ0) is 16.9. The average molecular weight is 325 g/mol. The van der Waals surface area contributed by atoms with Gasteiger partial charge in [0.05, 0.1) is 19.8 Å². The summed E-state index contributed by atoms with van der Waals surface area (Å²) in [5.74, 6) is 1.61. The highest BCUT2D eigenvalue weighted by Crippen LogP contribution is 2.36. The lowest BCUT2D eigenvalue weighted by molar-refractivity contribution is 0.355. The maximum absolute atomic E-state index is 5.41. The predicted octanol–water partition coefficient (Wildman–Crippen LogP) is 4.06. The van der Waals surface area contributed by atoms with Crippen LogP contribution < -0.4 is 14.8 Å². The van der Waals surface area contributed by atoms with Crippen LogP contribution in [0, 0.1) is 0 Å². The van der Waals surface area contributed by atoms with Crippen LogP contribution in [0.5, 0.6) is 11.5 Å². The first kappa shape index (κ1) is 15.9. The first-order valence-corrected chi connectivity index (χ1v) is 7.66. The van der Waals surface area contributed by atoms with E-state index in [9.17, 15) is 0 Å². The third-order valence-electron chi connectivity index (χ3n) is 3.68. The number of benzene rings is 2. The van der Waals surface area contributed by atoms with Crippen molar-refractivity contribution < 1.29 is 14.0 Å². The summed E-state index contributed by atoms with van der Waals surface area (Å²) in [6.45, 7) is 2.12. The Morgan fingerprint density at radius 3 is 2.50 bits per heavy atom. The highest BCUT2D eigenvalue weighted by molar-refractivity contribution is 5.69. The van der Waals surface area contributed by atoms with E-state index in [0.29, 0.717) is 28.9 Å². The average Bonchev–Trinajstić information content (AvgIpc) is 3.09. The molecule has 1 aromatic heterocycles. The zero-order valence-electron chi connectivity index (χ0n) is 13.9. The topological polar surface area (TPSA) is 69.4 Å². The molecule has 0 radical (unpaired) electrons. The van der Waals surface area contributed by atoms with Crippen LogP contribution in [-0.2, 0) is 6.42 Å². The first-order valence-electron chi connectivity index (χ1n) is 7.66. The second-order valence-electron chi connectivity index (χ2n) is 5.14. The summed E-state index contributed by atoms with van der Waals surface area (Å²) in [4.78, 5) is 4.38. The van der Waals surface area contributed by atoms with Crippen LogP contribution in [0.1, 0.15) is 12.5 Å². The normalized spacial score (nSPS) is 10.5. The van der Waals surface area contributed by atoms with E-state index in [4.69, 9.17) is 14.0 Å². The number of nitrogens with zero attached hydrogens (tertiary/aromatic N) is 2. The van der Waals surface area contributed by atoms with Gasteiger partial charge in [-0.25, -0.2) is 0 Å². The second-order valence-corrected chi connectivity index (χ2v) is 5.14. The number of methoxy groups -OCH3 is 2. The third-order valence-corrected chi connectivity index (χ3v) is 3.68. The molecule has 24 heavy (non-hydrogen) atoms. The quantitative estimate of drug-likeness (QED) is 0.737. The molecular weight excluding hydrogens is 306 g/mol. The van der Waals surface area contributed by atoms with Gasteiger partial charge in [0.1, 0.15) is 0 Å². The van der Waals surface area contributed by atoms with Gasteiger partial charge >= 0.3 is 6.01 Å². The van der Waals surface area contributed by atoms with Crippen LogP contribution in [0.4, 0.5) is 11.7 Å². The molecule has 0 saturated heterocycles. The summed E-state index contributed by atoms with van der Waals surface area (Å²) < 4.78 is 16.0. The molecule has 6 heteroatoms. The number of nitrogens with one attached hydrogen (secondary N) is 1. The van der Waals surface area contributed by atoms with Crippen LogP contribution >= 0.6 is 0 Å². The lowest BCUT2D eigenvalue weighted by Gasteiger charge is -2.09. The van der Waals surface area contributed by atoms with Crippen molar-refractivity contribution in [1.29, 1.82) is 0 Å². The van der Waals surface area contributed by atoms with Crippen molar-refractivity contribution in [2.75, 3.05) is 19.5 Å². The van der Waals surface area contributed by atoms with Gasteiger partial charge in [0, 0.05) is 5.69 Å². The molecular formula is C18H19N3O3. The number of anilines is 2. The Morgan fingerprint density at radius 2 is 1.83 bits per heavy atom. The molecule has 1 heterocycles. The maximum atomic E-state index is 5.41. The van der Waals surface area contributed by atoms with Gasteiger partial charge in [-0.2, -0.15) is 4.98 Å². The molecule has 0 amide bonds. The number of rotatable bonds is 6. The molecule has 0 fully saturated rings. The van der Waals surface area contributed by atoms with E-state index >= 15 is 0 Å². The number of hydrogen-bond donors (Lipinski definition) is 1. The van der Waals surface area contributed by atoms with Crippen molar-refractivity contribution in [1.82, 2.24) is 10.1 Å². The third kappa shape index (κ3) is 3.17. The highest BCUT2D eigenvalue weighted by Gasteiger charge is 2.16. The number of ether oxygens (including phenoxy) is 2. The standard InChI is InChI=1S/C18H19N3O3/c1-4-12-8-10-13(11-9-12)19-18-20-17(21-24-18)14-6-5-7-15(22-2)16(14)23-3/h5-11H,4H2,1-3H3,(H,19,20,21). The Bertz CT molecular complexity index is 813. The molecule has 6 nitrogen and oxygen atoms in total. The first-order chi connectivity index (χ1) is 11.7. The van der Waals surface area contributed by atoms with Gasteiger partial charge in [0.2, 0.25) is 5.82 Å². The van der Waals surface area contributed by atoms with Crippen molar-refractivity contribution in [3.8, 4) is 22.9 Å². The van der Waals surface area contributed by atoms with Gasteiger partial charge in [-0.3, -0.25) is 0 Å². The highest BCUT2D eigenvalue weighted by atomic mass is 16.5. The molecule has 1 N–H and O–H groups in total. The lowest BCUT2D eigenvalue weighted by Crippen LogP contribution is -1.94. The summed E-state index contributed by atoms with van der Waals surface area (Å²) in [6.07, 6.45) is 1.00. The monoisotopic (exact) mass is 325 g/mol. The Morgan fingerprint density at radius 1 is 1.04 bits per heavy atom. The summed E-state index contributed by atoms with van der Waals surface area (Å²) in [5.41, 5.74) is 2.86. The minimum atomic E-state index is 0.319. The van der Waals surface area contributed by atoms with Crippen LogP contribution in [0.25, 0.3) is 11.4 Å². The van der Waals surface area contributed by atoms with E-state index in [-0.39, 0.29) is 0 Å². The van der Waals surface area contributed by atoms with Gasteiger partial charge < -0.3 is 19.3 Å². The minimum absolute atomic E-state index is 0.319. The predicted molar refractivity (Wildman–Crippen MR) is 91.9 cm³/mol. The summed E-state index contributed by atoms with van der Waals surface area (Å²) >= 11 is 0. The number of para-hydroxylation sites is 1. The van der Waals surface area contributed by atoms with Crippen LogP contribution in [-0.4, -0.2) is 24.4 Å². The van der Waals surface area contributed by atoms with E-state index in [1.54, 1.807) is 14.2 Å². The van der Waals surface area contributed by atoms with Gasteiger partial charge in [-0.15, -0.1) is 0 Å². The fourth-order valence-corrected chi connectivity index (χ4v) is 2.39. The minimum Gasteiger partial charge on any atom is -0.493 e. The van der Waals surface area contributed by atoms with E-state index in [2.05, 4.69) is 34.5 Å². The Kier molecular flexibility index (Phi) is 4.65. The van der Waals surface area contributed by atoms with Gasteiger partial charge in [0.25, 0.3) is 0 Å². The van der Waals surface area contributed by atoms with Crippen LogP contribution in [0.2, 0.25) is 0 Å². The number of hydrogen-bond acceptors (Lipinski definition) is 6. The van der Waals surface area contributed by atoms with E-state index < -0.39 is 0 Å². The van der Waals surface area contributed by atoms with Crippen molar-refractivity contribution in [2.45, 2.75) is 13.3 Å². The zero-order valence-corrected chi connectivity index (χ0v) is 13.9. The molecule has 0 saturated carbocycles. The molecule has 3 rings (SSSR count). The molecule has 0 aliphatic heterocycles. The fraction of sp³-hybridized carbons (Fsp3) is 0.222. The molecule has 3 aromatic rings. The maximum Gasteiger partial charge on any atom is 0.326 e. The number of aromatic nitrogens is 2.